The van der Waals surface area contributed by atoms with Gasteiger partial charge in [0.05, 0.1) is 5.56 Å². The Labute approximate surface area is 155 Å². The molecular formula is C18H19NO6S. The molecule has 2 saturated heterocycles. The molecule has 26 heavy (non-hydrogen) atoms. The van der Waals surface area contributed by atoms with Crippen LogP contribution in [-0.4, -0.2) is 51.6 Å². The highest BCUT2D eigenvalue weighted by atomic mass is 32.2. The number of carbonyl (C=O) groups excluding carboxylic acids is 3. The van der Waals surface area contributed by atoms with Crippen LogP contribution in [0, 0.1) is 0 Å². The van der Waals surface area contributed by atoms with Crippen molar-refractivity contribution in [2.45, 2.75) is 49.3 Å². The lowest BCUT2D eigenvalue weighted by Crippen LogP contribution is -2.66. The van der Waals surface area contributed by atoms with E-state index in [-0.39, 0.29) is 11.3 Å². The van der Waals surface area contributed by atoms with E-state index >= 15 is 0 Å². The van der Waals surface area contributed by atoms with Gasteiger partial charge in [0.25, 0.3) is 12.2 Å². The molecule has 0 N–H and O–H groups in total. The minimum atomic E-state index is -1.08. The Morgan fingerprint density at radius 2 is 2.04 bits per heavy atom. The number of esters is 2. The maximum Gasteiger partial charge on any atom is 0.342 e. The van der Waals surface area contributed by atoms with Gasteiger partial charge < -0.3 is 19.1 Å². The summed E-state index contributed by atoms with van der Waals surface area (Å²) in [7, 11) is 0. The Morgan fingerprint density at radius 3 is 2.77 bits per heavy atom. The van der Waals surface area contributed by atoms with Crippen molar-refractivity contribution in [3.05, 3.63) is 35.4 Å². The van der Waals surface area contributed by atoms with Crippen molar-refractivity contribution in [2.75, 3.05) is 6.61 Å². The highest BCUT2D eigenvalue weighted by Crippen LogP contribution is 2.52. The van der Waals surface area contributed by atoms with Crippen LogP contribution < -0.4 is 0 Å². The first kappa shape index (κ1) is 17.4. The average Bonchev–Trinajstić information content (AvgIpc) is 3.05. The summed E-state index contributed by atoms with van der Waals surface area (Å²) >= 11 is 1.52. The van der Waals surface area contributed by atoms with Crippen molar-refractivity contribution >= 4 is 29.6 Å². The Kier molecular flexibility index (Phi) is 4.00. The van der Waals surface area contributed by atoms with Gasteiger partial charge in [-0.2, -0.15) is 0 Å². The minimum Gasteiger partial charge on any atom is -0.419 e. The van der Waals surface area contributed by atoms with Crippen molar-refractivity contribution in [3.8, 4) is 0 Å². The summed E-state index contributed by atoms with van der Waals surface area (Å²) in [5.41, 5.74) is 0.910. The van der Waals surface area contributed by atoms with Crippen molar-refractivity contribution in [2.24, 2.45) is 0 Å². The van der Waals surface area contributed by atoms with Gasteiger partial charge in [-0.15, -0.1) is 11.8 Å². The topological polar surface area (TPSA) is 82.1 Å². The number of thioether (sulfide) groups is 1. The van der Waals surface area contributed by atoms with Gasteiger partial charge in [0.1, 0.15) is 11.4 Å². The fourth-order valence-electron chi connectivity index (χ4n) is 3.66. The van der Waals surface area contributed by atoms with Gasteiger partial charge in [0.2, 0.25) is 0 Å². The highest BCUT2D eigenvalue weighted by molar-refractivity contribution is 8.01. The quantitative estimate of drug-likeness (QED) is 0.585. The number of β-lactam (4-membered cyclic amide) rings is 1. The molecule has 0 aromatic heterocycles. The third-order valence-corrected chi connectivity index (χ3v) is 6.38. The van der Waals surface area contributed by atoms with Crippen molar-refractivity contribution in [1.82, 2.24) is 4.90 Å². The van der Waals surface area contributed by atoms with Crippen LogP contribution in [0.25, 0.3) is 0 Å². The lowest BCUT2D eigenvalue weighted by atomic mass is 9.97. The van der Waals surface area contributed by atoms with Crippen molar-refractivity contribution in [3.63, 3.8) is 0 Å². The van der Waals surface area contributed by atoms with Gasteiger partial charge >= 0.3 is 11.9 Å². The first-order valence-corrected chi connectivity index (χ1v) is 9.35. The van der Waals surface area contributed by atoms with Gasteiger partial charge in [0, 0.05) is 16.9 Å². The van der Waals surface area contributed by atoms with Crippen LogP contribution in [-0.2, 0) is 23.8 Å². The molecule has 138 valence electrons. The second kappa shape index (κ2) is 5.99. The Balaban J connectivity index is 1.54. The average molecular weight is 377 g/mol. The van der Waals surface area contributed by atoms with Crippen LogP contribution in [0.5, 0.6) is 0 Å². The second-order valence-electron chi connectivity index (χ2n) is 6.90. The van der Waals surface area contributed by atoms with Crippen LogP contribution in [0.15, 0.2) is 24.3 Å². The summed E-state index contributed by atoms with van der Waals surface area (Å²) in [6, 6.07) is 6.03. The summed E-state index contributed by atoms with van der Waals surface area (Å²) in [4.78, 5) is 38.7. The summed E-state index contributed by atoms with van der Waals surface area (Å²) in [5, 5.41) is -0.201. The first-order valence-electron chi connectivity index (χ1n) is 8.47. The van der Waals surface area contributed by atoms with Gasteiger partial charge in [-0.05, 0) is 26.8 Å². The molecule has 0 aliphatic carbocycles. The number of hydrogen-bond acceptors (Lipinski definition) is 7. The zero-order valence-electron chi connectivity index (χ0n) is 14.6. The standard InChI is InChI=1S/C18H19NO6S/c1-4-23-11-13(20)19-12(18(2,3)26-14(11)19)16(22)25-17-10-8-6-5-7-9(10)15(21)24-17/h5-8,11-12,14,17H,4H2,1-3H3/t11-,12+,14-,17?/m1/s1. The van der Waals surface area contributed by atoms with Crippen LogP contribution in [0.3, 0.4) is 0 Å². The van der Waals surface area contributed by atoms with E-state index in [0.29, 0.717) is 17.7 Å². The monoisotopic (exact) mass is 377 g/mol. The van der Waals surface area contributed by atoms with E-state index in [4.69, 9.17) is 14.2 Å². The fourth-order valence-corrected chi connectivity index (χ4v) is 5.28. The maximum absolute atomic E-state index is 12.9. The van der Waals surface area contributed by atoms with E-state index in [9.17, 15) is 14.4 Å². The normalized spacial score (nSPS) is 31.1. The number of nitrogens with zero attached hydrogens (tertiary/aromatic N) is 1. The molecule has 0 saturated carbocycles. The molecular weight excluding hydrogens is 358 g/mol. The molecule has 0 spiro atoms. The Hall–Kier alpha value is -2.06. The van der Waals surface area contributed by atoms with Gasteiger partial charge in [0.15, 0.2) is 6.10 Å². The van der Waals surface area contributed by atoms with E-state index in [1.807, 2.05) is 20.8 Å². The third kappa shape index (κ3) is 2.43. The molecule has 3 heterocycles. The minimum absolute atomic E-state index is 0.201. The Bertz CT molecular complexity index is 794. The van der Waals surface area contributed by atoms with E-state index in [1.54, 1.807) is 24.3 Å². The molecule has 3 aliphatic heterocycles. The smallest absolute Gasteiger partial charge is 0.342 e. The summed E-state index contributed by atoms with van der Waals surface area (Å²) < 4.78 is 15.6. The molecule has 4 rings (SSSR count). The number of amides is 1. The van der Waals surface area contributed by atoms with Gasteiger partial charge in [-0.3, -0.25) is 4.79 Å². The number of carbonyl (C=O) groups is 3. The van der Waals surface area contributed by atoms with Crippen LogP contribution >= 0.6 is 11.8 Å². The highest BCUT2D eigenvalue weighted by Gasteiger charge is 2.65. The van der Waals surface area contributed by atoms with Crippen LogP contribution in [0.4, 0.5) is 0 Å². The number of ether oxygens (including phenoxy) is 3. The molecule has 7 nitrogen and oxygen atoms in total. The SMILES string of the molecule is CCO[C@@H]1C(=O)N2[C@@H]1SC(C)(C)[C@@H]2C(=O)OC1OC(=O)c2ccccc21. The first-order chi connectivity index (χ1) is 12.3. The Morgan fingerprint density at radius 1 is 1.31 bits per heavy atom. The molecule has 1 amide bonds. The predicted octanol–water partition coefficient (Wildman–Crippen LogP) is 1.87. The van der Waals surface area contributed by atoms with E-state index in [1.165, 1.54) is 16.7 Å². The maximum atomic E-state index is 12.9. The van der Waals surface area contributed by atoms with Gasteiger partial charge in [-0.1, -0.05) is 18.2 Å². The summed E-state index contributed by atoms with van der Waals surface area (Å²) in [5.74, 6) is -1.31. The van der Waals surface area contributed by atoms with Crippen molar-refractivity contribution in [1.29, 1.82) is 0 Å². The van der Waals surface area contributed by atoms with Crippen LogP contribution in [0.2, 0.25) is 0 Å². The number of benzene rings is 1. The largest absolute Gasteiger partial charge is 0.419 e. The number of rotatable bonds is 4. The van der Waals surface area contributed by atoms with Crippen molar-refractivity contribution < 1.29 is 28.6 Å². The molecule has 0 bridgehead atoms. The predicted molar refractivity (Wildman–Crippen MR) is 92.2 cm³/mol. The van der Waals surface area contributed by atoms with E-state index in [2.05, 4.69) is 0 Å². The van der Waals surface area contributed by atoms with E-state index < -0.39 is 35.1 Å². The lowest BCUT2D eigenvalue weighted by Gasteiger charge is -2.43. The molecule has 0 radical (unpaired) electrons. The second-order valence-corrected chi connectivity index (χ2v) is 8.67. The molecule has 1 aromatic carbocycles. The molecule has 8 heteroatoms. The van der Waals surface area contributed by atoms with Gasteiger partial charge in [-0.25, -0.2) is 9.59 Å². The summed E-state index contributed by atoms with van der Waals surface area (Å²) in [6.45, 7) is 6.06. The zero-order chi connectivity index (χ0) is 18.6. The number of hydrogen-bond donors (Lipinski definition) is 0. The molecule has 3 aliphatic rings. The zero-order valence-corrected chi connectivity index (χ0v) is 15.4. The molecule has 1 unspecified atom stereocenters. The lowest BCUT2D eigenvalue weighted by molar-refractivity contribution is -0.187. The van der Waals surface area contributed by atoms with E-state index in [0.717, 1.165) is 0 Å². The number of cyclic esters (lactones) is 1. The third-order valence-electron chi connectivity index (χ3n) is 4.83. The number of fused-ring (bicyclic) bond motifs is 2. The summed E-state index contributed by atoms with van der Waals surface area (Å²) in [6.07, 6.45) is -1.60. The fraction of sp³-hybridized carbons (Fsp3) is 0.500. The molecule has 1 aromatic rings. The van der Waals surface area contributed by atoms with Crippen LogP contribution in [0.1, 0.15) is 43.0 Å². The molecule has 2 fully saturated rings. The molecule has 4 atom stereocenters.